The van der Waals surface area contributed by atoms with Crippen molar-refractivity contribution in [1.29, 1.82) is 0 Å². The van der Waals surface area contributed by atoms with E-state index in [-0.39, 0.29) is 11.7 Å². The lowest BCUT2D eigenvalue weighted by Crippen LogP contribution is -2.39. The van der Waals surface area contributed by atoms with Gasteiger partial charge in [-0.1, -0.05) is 48.2 Å². The third kappa shape index (κ3) is 3.61. The molecule has 4 nitrogen and oxygen atoms in total. The summed E-state index contributed by atoms with van der Waals surface area (Å²) in [4.78, 5) is 14.0. The van der Waals surface area contributed by atoms with Crippen LogP contribution in [0, 0.1) is 26.6 Å². The molecule has 0 saturated carbocycles. The lowest BCUT2D eigenvalue weighted by atomic mass is 10.1. The highest BCUT2D eigenvalue weighted by atomic mass is 32.2. The fourth-order valence-corrected chi connectivity index (χ4v) is 5.60. The Morgan fingerprint density at radius 3 is 2.36 bits per heavy atom. The Hall–Kier alpha value is -3.16. The van der Waals surface area contributed by atoms with E-state index in [4.69, 9.17) is 12.2 Å². The Labute approximate surface area is 201 Å². The second kappa shape index (κ2) is 8.32. The molecule has 2 aromatic heterocycles. The van der Waals surface area contributed by atoms with Gasteiger partial charge in [-0.2, -0.15) is 5.01 Å². The number of nitrogens with zero attached hydrogens (tertiary/aromatic N) is 3. The molecule has 0 aliphatic carbocycles. The molecule has 33 heavy (non-hydrogen) atoms. The van der Waals surface area contributed by atoms with Crippen LogP contribution in [0.15, 0.2) is 65.6 Å². The van der Waals surface area contributed by atoms with Crippen LogP contribution in [0.3, 0.4) is 0 Å². The number of carbonyl (C=O) groups excluding carboxylic acids is 1. The molecule has 1 fully saturated rings. The van der Waals surface area contributed by atoms with Crippen molar-refractivity contribution >= 4 is 51.2 Å². The number of halogens is 1. The number of benzene rings is 2. The Balaban J connectivity index is 1.60. The van der Waals surface area contributed by atoms with Crippen molar-refractivity contribution in [2.75, 3.05) is 5.01 Å². The summed E-state index contributed by atoms with van der Waals surface area (Å²) in [6.07, 6.45) is 1.92. The zero-order valence-electron chi connectivity index (χ0n) is 18.5. The van der Waals surface area contributed by atoms with Crippen molar-refractivity contribution in [3.63, 3.8) is 0 Å². The van der Waals surface area contributed by atoms with Crippen LogP contribution in [0.4, 0.5) is 4.39 Å². The van der Waals surface area contributed by atoms with Gasteiger partial charge in [0, 0.05) is 39.1 Å². The van der Waals surface area contributed by atoms with Gasteiger partial charge in [-0.05, 0) is 63.3 Å². The lowest BCUT2D eigenvalue weighted by Gasteiger charge is -2.20. The van der Waals surface area contributed by atoms with E-state index in [1.807, 2.05) is 74.0 Å². The molecule has 4 aromatic rings. The molecular formula is C26H22FN3OS2. The van der Waals surface area contributed by atoms with Gasteiger partial charge in [0.05, 0.1) is 11.4 Å². The van der Waals surface area contributed by atoms with Crippen LogP contribution in [0.2, 0.25) is 0 Å². The van der Waals surface area contributed by atoms with E-state index < -0.39 is 0 Å². The van der Waals surface area contributed by atoms with E-state index in [1.165, 1.54) is 17.8 Å². The van der Waals surface area contributed by atoms with Gasteiger partial charge in [-0.3, -0.25) is 9.47 Å². The third-order valence-corrected chi connectivity index (χ3v) is 7.33. The molecule has 0 N–H and O–H groups in total. The summed E-state index contributed by atoms with van der Waals surface area (Å²) in [6, 6.07) is 18.8. The third-order valence-electron chi connectivity index (χ3n) is 6.05. The molecule has 3 heterocycles. The maximum absolute atomic E-state index is 14.4. The van der Waals surface area contributed by atoms with Gasteiger partial charge in [0.1, 0.15) is 5.82 Å². The molecule has 5 rings (SSSR count). The SMILES string of the molecule is Cc1ccc(C)n1N1C(=O)/C(=C/c2c(C)n(Cc3ccccc3F)c3ccccc23)SC1=S. The van der Waals surface area contributed by atoms with Crippen molar-refractivity contribution in [3.8, 4) is 0 Å². The minimum absolute atomic E-state index is 0.141. The maximum Gasteiger partial charge on any atom is 0.285 e. The molecule has 166 valence electrons. The number of hydrogen-bond donors (Lipinski definition) is 0. The summed E-state index contributed by atoms with van der Waals surface area (Å²) in [5, 5.41) is 2.58. The number of hydrogen-bond acceptors (Lipinski definition) is 3. The predicted octanol–water partition coefficient (Wildman–Crippen LogP) is 6.09. The molecule has 0 atom stereocenters. The van der Waals surface area contributed by atoms with Crippen molar-refractivity contribution in [2.45, 2.75) is 27.3 Å². The first-order chi connectivity index (χ1) is 15.9. The van der Waals surface area contributed by atoms with Crippen LogP contribution in [0.1, 0.15) is 28.2 Å². The molecule has 7 heteroatoms. The first kappa shape index (κ1) is 21.7. The monoisotopic (exact) mass is 475 g/mol. The lowest BCUT2D eigenvalue weighted by molar-refractivity contribution is -0.114. The van der Waals surface area contributed by atoms with E-state index in [2.05, 4.69) is 4.57 Å². The fourth-order valence-electron chi connectivity index (χ4n) is 4.38. The summed E-state index contributed by atoms with van der Waals surface area (Å²) in [5.74, 6) is -0.368. The summed E-state index contributed by atoms with van der Waals surface area (Å²) in [5.41, 5.74) is 5.43. The van der Waals surface area contributed by atoms with Crippen LogP contribution in [0.25, 0.3) is 17.0 Å². The largest absolute Gasteiger partial charge is 0.340 e. The van der Waals surface area contributed by atoms with E-state index in [9.17, 15) is 9.18 Å². The second-order valence-corrected chi connectivity index (χ2v) is 9.79. The Bertz CT molecular complexity index is 1440. The highest BCUT2D eigenvalue weighted by molar-refractivity contribution is 8.27. The van der Waals surface area contributed by atoms with Gasteiger partial charge in [-0.15, -0.1) is 0 Å². The summed E-state index contributed by atoms with van der Waals surface area (Å²) < 4.78 is 18.8. The molecule has 1 amide bonds. The molecule has 1 saturated heterocycles. The van der Waals surface area contributed by atoms with Gasteiger partial charge >= 0.3 is 0 Å². The zero-order valence-corrected chi connectivity index (χ0v) is 20.1. The van der Waals surface area contributed by atoms with Gasteiger partial charge in [0.25, 0.3) is 5.91 Å². The van der Waals surface area contributed by atoms with Crippen LogP contribution in [-0.4, -0.2) is 19.5 Å². The fraction of sp³-hybridized carbons (Fsp3) is 0.154. The quantitative estimate of drug-likeness (QED) is 0.264. The Morgan fingerprint density at radius 2 is 1.64 bits per heavy atom. The predicted molar refractivity (Wildman–Crippen MR) is 137 cm³/mol. The maximum atomic E-state index is 14.4. The van der Waals surface area contributed by atoms with Crippen LogP contribution in [0.5, 0.6) is 0 Å². The van der Waals surface area contributed by atoms with Gasteiger partial charge in [0.2, 0.25) is 0 Å². The number of amides is 1. The smallest absolute Gasteiger partial charge is 0.285 e. The molecule has 0 spiro atoms. The number of aryl methyl sites for hydroxylation is 2. The number of thiocarbonyl (C=S) groups is 1. The number of aromatic nitrogens is 2. The van der Waals surface area contributed by atoms with Crippen LogP contribution >= 0.6 is 24.0 Å². The average Bonchev–Trinajstić information content (AvgIpc) is 3.36. The highest BCUT2D eigenvalue weighted by Gasteiger charge is 2.35. The molecule has 1 aliphatic heterocycles. The topological polar surface area (TPSA) is 30.2 Å². The standard InChI is InChI=1S/C26H22FN3OS2/c1-16-12-13-17(2)29(16)30-25(31)24(33-26(30)32)14-21-18(3)28(23-11-7-5-9-20(21)23)15-19-8-4-6-10-22(19)27/h4-14H,15H2,1-3H3/b24-14-. The summed E-state index contributed by atoms with van der Waals surface area (Å²) in [6.45, 7) is 6.33. The van der Waals surface area contributed by atoms with Crippen molar-refractivity contribution in [2.24, 2.45) is 0 Å². The van der Waals surface area contributed by atoms with Crippen molar-refractivity contribution in [3.05, 3.63) is 99.6 Å². The summed E-state index contributed by atoms with van der Waals surface area (Å²) in [7, 11) is 0. The van der Waals surface area contributed by atoms with Crippen molar-refractivity contribution < 1.29 is 9.18 Å². The summed E-state index contributed by atoms with van der Waals surface area (Å²) >= 11 is 6.88. The normalized spacial score (nSPS) is 15.4. The Morgan fingerprint density at radius 1 is 0.970 bits per heavy atom. The van der Waals surface area contributed by atoms with Gasteiger partial charge < -0.3 is 4.57 Å². The number of para-hydroxylation sites is 1. The second-order valence-electron chi connectivity index (χ2n) is 8.12. The first-order valence-electron chi connectivity index (χ1n) is 10.6. The van der Waals surface area contributed by atoms with E-state index in [0.29, 0.717) is 21.3 Å². The molecule has 1 aliphatic rings. The van der Waals surface area contributed by atoms with Crippen molar-refractivity contribution in [1.82, 2.24) is 9.24 Å². The molecule has 0 bridgehead atoms. The number of rotatable bonds is 4. The minimum Gasteiger partial charge on any atom is -0.340 e. The van der Waals surface area contributed by atoms with Gasteiger partial charge in [-0.25, -0.2) is 4.39 Å². The molecule has 0 radical (unpaired) electrons. The van der Waals surface area contributed by atoms with Crippen LogP contribution in [-0.2, 0) is 11.3 Å². The van der Waals surface area contributed by atoms with E-state index >= 15 is 0 Å². The minimum atomic E-state index is -0.227. The van der Waals surface area contributed by atoms with Gasteiger partial charge in [0.15, 0.2) is 4.32 Å². The number of fused-ring (bicyclic) bond motifs is 1. The molecular weight excluding hydrogens is 453 g/mol. The van der Waals surface area contributed by atoms with E-state index in [0.717, 1.165) is 33.5 Å². The first-order valence-corrected chi connectivity index (χ1v) is 11.8. The highest BCUT2D eigenvalue weighted by Crippen LogP contribution is 2.36. The number of carbonyl (C=O) groups is 1. The van der Waals surface area contributed by atoms with E-state index in [1.54, 1.807) is 17.1 Å². The zero-order chi connectivity index (χ0) is 23.3. The molecule has 0 unspecified atom stereocenters. The molecule has 2 aromatic carbocycles. The number of thioether (sulfide) groups is 1. The Kier molecular flexibility index (Phi) is 5.46. The average molecular weight is 476 g/mol. The van der Waals surface area contributed by atoms with Crippen LogP contribution < -0.4 is 5.01 Å².